The van der Waals surface area contributed by atoms with E-state index in [1.807, 2.05) is 0 Å². The first-order chi connectivity index (χ1) is 7.86. The smallest absolute Gasteiger partial charge is 0.0154 e. The van der Waals surface area contributed by atoms with Gasteiger partial charge in [0.15, 0.2) is 0 Å². The number of hydrogen-bond acceptors (Lipinski definition) is 1. The molecule has 0 spiro atoms. The molecule has 1 saturated carbocycles. The summed E-state index contributed by atoms with van der Waals surface area (Å²) in [6, 6.07) is 13.0. The fourth-order valence-electron chi connectivity index (χ4n) is 2.84. The maximum Gasteiger partial charge on any atom is 0.0154 e. The van der Waals surface area contributed by atoms with Gasteiger partial charge in [-0.1, -0.05) is 49.2 Å². The van der Waals surface area contributed by atoms with Crippen molar-refractivity contribution < 1.29 is 0 Å². The third-order valence-corrected chi connectivity index (χ3v) is 4.23. The quantitative estimate of drug-likeness (QED) is 0.667. The monoisotopic (exact) mass is 228 g/mol. The van der Waals surface area contributed by atoms with Crippen molar-refractivity contribution in [2.75, 3.05) is 0 Å². The lowest BCUT2D eigenvalue weighted by atomic mass is 9.95. The van der Waals surface area contributed by atoms with Gasteiger partial charge in [-0.05, 0) is 35.1 Å². The predicted octanol–water partition coefficient (Wildman–Crippen LogP) is 4.79. The highest BCUT2D eigenvalue weighted by molar-refractivity contribution is 7.80. The molecule has 16 heavy (non-hydrogen) atoms. The Morgan fingerprint density at radius 3 is 2.50 bits per heavy atom. The minimum atomic E-state index is 0.747. The Labute approximate surface area is 102 Å². The fourth-order valence-corrected chi connectivity index (χ4v) is 3.30. The highest BCUT2D eigenvalue weighted by Gasteiger charge is 2.19. The van der Waals surface area contributed by atoms with Crippen molar-refractivity contribution in [2.45, 2.75) is 36.5 Å². The summed E-state index contributed by atoms with van der Waals surface area (Å²) in [6.07, 6.45) is 5.44. The second-order valence-electron chi connectivity index (χ2n) is 4.71. The summed E-state index contributed by atoms with van der Waals surface area (Å²) in [7, 11) is 0. The summed E-state index contributed by atoms with van der Waals surface area (Å²) in [5.41, 5.74) is 1.46. The minimum absolute atomic E-state index is 0.747. The first-order valence-corrected chi connectivity index (χ1v) is 6.51. The Kier molecular flexibility index (Phi) is 2.64. The molecule has 0 N–H and O–H groups in total. The third-order valence-electron chi connectivity index (χ3n) is 3.73. The molecule has 0 nitrogen and oxygen atoms in total. The molecule has 0 radical (unpaired) electrons. The van der Waals surface area contributed by atoms with Crippen molar-refractivity contribution in [1.82, 2.24) is 0 Å². The Morgan fingerprint density at radius 1 is 0.938 bits per heavy atom. The molecule has 2 aromatic carbocycles. The van der Waals surface area contributed by atoms with E-state index in [0.717, 1.165) is 5.92 Å². The van der Waals surface area contributed by atoms with E-state index in [2.05, 4.69) is 36.4 Å². The zero-order chi connectivity index (χ0) is 11.0. The molecule has 2 aromatic rings. The SMILES string of the molecule is Sc1c(C2CCCC2)ccc2ccccc12. The summed E-state index contributed by atoms with van der Waals surface area (Å²) in [6.45, 7) is 0. The van der Waals surface area contributed by atoms with Crippen molar-refractivity contribution in [3.8, 4) is 0 Å². The van der Waals surface area contributed by atoms with Crippen LogP contribution in [0.25, 0.3) is 10.8 Å². The van der Waals surface area contributed by atoms with Gasteiger partial charge in [0.05, 0.1) is 0 Å². The van der Waals surface area contributed by atoms with Crippen molar-refractivity contribution in [1.29, 1.82) is 0 Å². The molecule has 0 amide bonds. The second-order valence-corrected chi connectivity index (χ2v) is 5.15. The van der Waals surface area contributed by atoms with E-state index in [4.69, 9.17) is 12.6 Å². The molecule has 1 aliphatic rings. The lowest BCUT2D eigenvalue weighted by Crippen LogP contribution is -1.94. The van der Waals surface area contributed by atoms with Crippen LogP contribution in [0.1, 0.15) is 37.2 Å². The number of benzene rings is 2. The molecule has 0 heterocycles. The summed E-state index contributed by atoms with van der Waals surface area (Å²) < 4.78 is 0. The van der Waals surface area contributed by atoms with Crippen molar-refractivity contribution >= 4 is 23.4 Å². The van der Waals surface area contributed by atoms with Crippen molar-refractivity contribution in [3.63, 3.8) is 0 Å². The van der Waals surface area contributed by atoms with Crippen molar-refractivity contribution in [2.24, 2.45) is 0 Å². The van der Waals surface area contributed by atoms with Gasteiger partial charge in [-0.3, -0.25) is 0 Å². The lowest BCUT2D eigenvalue weighted by Gasteiger charge is -2.14. The van der Waals surface area contributed by atoms with Gasteiger partial charge >= 0.3 is 0 Å². The van der Waals surface area contributed by atoms with Crippen LogP contribution in [0.4, 0.5) is 0 Å². The summed E-state index contributed by atoms with van der Waals surface area (Å²) >= 11 is 4.74. The number of fused-ring (bicyclic) bond motifs is 1. The molecule has 0 aromatic heterocycles. The van der Waals surface area contributed by atoms with Gasteiger partial charge in [-0.15, -0.1) is 12.6 Å². The first-order valence-electron chi connectivity index (χ1n) is 6.07. The van der Waals surface area contributed by atoms with E-state index in [1.54, 1.807) is 0 Å². The maximum atomic E-state index is 4.74. The maximum absolute atomic E-state index is 4.74. The minimum Gasteiger partial charge on any atom is -0.142 e. The zero-order valence-electron chi connectivity index (χ0n) is 9.32. The van der Waals surface area contributed by atoms with Crippen LogP contribution in [0.5, 0.6) is 0 Å². The molecule has 0 atom stereocenters. The van der Waals surface area contributed by atoms with Gasteiger partial charge in [0.1, 0.15) is 0 Å². The van der Waals surface area contributed by atoms with Gasteiger partial charge in [-0.2, -0.15) is 0 Å². The number of hydrogen-bond donors (Lipinski definition) is 1. The first kappa shape index (κ1) is 10.2. The zero-order valence-corrected chi connectivity index (χ0v) is 10.2. The molecule has 0 aliphatic heterocycles. The summed E-state index contributed by atoms with van der Waals surface area (Å²) in [4.78, 5) is 1.20. The van der Waals surface area contributed by atoms with Crippen LogP contribution >= 0.6 is 12.6 Å². The van der Waals surface area contributed by atoms with Gasteiger partial charge < -0.3 is 0 Å². The van der Waals surface area contributed by atoms with Crippen LogP contribution in [-0.4, -0.2) is 0 Å². The van der Waals surface area contributed by atoms with E-state index < -0.39 is 0 Å². The van der Waals surface area contributed by atoms with Gasteiger partial charge in [0, 0.05) is 4.90 Å². The van der Waals surface area contributed by atoms with E-state index in [1.165, 1.54) is 46.9 Å². The van der Waals surface area contributed by atoms with Crippen LogP contribution in [0.3, 0.4) is 0 Å². The highest BCUT2D eigenvalue weighted by atomic mass is 32.1. The van der Waals surface area contributed by atoms with E-state index in [-0.39, 0.29) is 0 Å². The average molecular weight is 228 g/mol. The van der Waals surface area contributed by atoms with Crippen LogP contribution in [0.15, 0.2) is 41.3 Å². The molecule has 1 aliphatic carbocycles. The molecular formula is C15H16S. The molecular weight excluding hydrogens is 212 g/mol. The van der Waals surface area contributed by atoms with Gasteiger partial charge in [-0.25, -0.2) is 0 Å². The molecule has 3 rings (SSSR count). The molecule has 0 saturated heterocycles. The topological polar surface area (TPSA) is 0 Å². The second kappa shape index (κ2) is 4.14. The molecule has 82 valence electrons. The largest absolute Gasteiger partial charge is 0.142 e. The average Bonchev–Trinajstić information content (AvgIpc) is 2.83. The van der Waals surface area contributed by atoms with E-state index in [0.29, 0.717) is 0 Å². The predicted molar refractivity (Wildman–Crippen MR) is 72.4 cm³/mol. The van der Waals surface area contributed by atoms with Crippen LogP contribution in [-0.2, 0) is 0 Å². The number of thiol groups is 1. The number of rotatable bonds is 1. The Hall–Kier alpha value is -0.950. The van der Waals surface area contributed by atoms with E-state index in [9.17, 15) is 0 Å². The highest BCUT2D eigenvalue weighted by Crippen LogP contribution is 2.39. The summed E-state index contributed by atoms with van der Waals surface area (Å²) in [5.74, 6) is 0.747. The Morgan fingerprint density at radius 2 is 1.69 bits per heavy atom. The third kappa shape index (κ3) is 1.63. The molecule has 1 heteroatoms. The molecule has 1 fully saturated rings. The lowest BCUT2D eigenvalue weighted by molar-refractivity contribution is 0.711. The fraction of sp³-hybridized carbons (Fsp3) is 0.333. The van der Waals surface area contributed by atoms with Gasteiger partial charge in [0.2, 0.25) is 0 Å². The standard InChI is InChI=1S/C15H16S/c16-15-13-8-4-3-7-12(13)9-10-14(15)11-5-1-2-6-11/h3-4,7-11,16H,1-2,5-6H2. The van der Waals surface area contributed by atoms with Gasteiger partial charge in [0.25, 0.3) is 0 Å². The summed E-state index contributed by atoms with van der Waals surface area (Å²) in [5, 5.41) is 2.60. The van der Waals surface area contributed by atoms with Crippen molar-refractivity contribution in [3.05, 3.63) is 42.0 Å². The Bertz CT molecular complexity index is 510. The Balaban J connectivity index is 2.15. The molecule has 0 unspecified atom stereocenters. The van der Waals surface area contributed by atoms with E-state index >= 15 is 0 Å². The van der Waals surface area contributed by atoms with Crippen LogP contribution in [0.2, 0.25) is 0 Å². The normalized spacial score (nSPS) is 17.1. The van der Waals surface area contributed by atoms with Crippen LogP contribution in [0, 0.1) is 0 Å². The van der Waals surface area contributed by atoms with Crippen LogP contribution < -0.4 is 0 Å². The molecule has 0 bridgehead atoms.